The first-order valence-corrected chi connectivity index (χ1v) is 9.56. The second-order valence-corrected chi connectivity index (χ2v) is 7.41. The maximum absolute atomic E-state index is 5.93. The summed E-state index contributed by atoms with van der Waals surface area (Å²) in [7, 11) is 0. The molecule has 0 atom stereocenters. The van der Waals surface area contributed by atoms with Gasteiger partial charge in [-0.2, -0.15) is 0 Å². The van der Waals surface area contributed by atoms with Crippen LogP contribution in [0.15, 0.2) is 12.7 Å². The summed E-state index contributed by atoms with van der Waals surface area (Å²) in [5, 5.41) is 0. The topological polar surface area (TPSA) is 9.23 Å². The third-order valence-corrected chi connectivity index (χ3v) is 5.86. The summed E-state index contributed by atoms with van der Waals surface area (Å²) in [5.41, 5.74) is 0. The summed E-state index contributed by atoms with van der Waals surface area (Å²) >= 11 is 0. The minimum atomic E-state index is 0.580. The number of unbranched alkanes of at least 4 members (excludes halogenated alkanes) is 1. The van der Waals surface area contributed by atoms with Gasteiger partial charge in [-0.3, -0.25) is 0 Å². The van der Waals surface area contributed by atoms with Crippen LogP contribution in [0, 0.1) is 17.8 Å². The van der Waals surface area contributed by atoms with Gasteiger partial charge in [-0.05, 0) is 75.5 Å². The Labute approximate surface area is 132 Å². The molecule has 0 aromatic carbocycles. The first kappa shape index (κ1) is 17.1. The van der Waals surface area contributed by atoms with E-state index in [0.29, 0.717) is 6.10 Å². The highest BCUT2D eigenvalue weighted by molar-refractivity contribution is 4.82. The van der Waals surface area contributed by atoms with Crippen molar-refractivity contribution in [2.75, 3.05) is 6.61 Å². The van der Waals surface area contributed by atoms with Gasteiger partial charge in [0, 0.05) is 6.61 Å². The van der Waals surface area contributed by atoms with Crippen molar-refractivity contribution >= 4 is 0 Å². The predicted octanol–water partition coefficient (Wildman–Crippen LogP) is 6.13. The van der Waals surface area contributed by atoms with Gasteiger partial charge in [0.15, 0.2) is 0 Å². The first-order chi connectivity index (χ1) is 10.3. The highest BCUT2D eigenvalue weighted by atomic mass is 16.5. The van der Waals surface area contributed by atoms with E-state index in [1.165, 1.54) is 70.6 Å². The second-order valence-electron chi connectivity index (χ2n) is 7.41. The lowest BCUT2D eigenvalue weighted by atomic mass is 9.70. The van der Waals surface area contributed by atoms with Crippen molar-refractivity contribution in [3.8, 4) is 0 Å². The standard InChI is InChI=1S/C20H36O/c1-3-5-6-7-17-8-10-18(11-9-17)19-12-14-20(15-13-19)21-16-4-2/h3,17-20H,1,4-16H2,2H3/t17-,18-,19?,20?. The number of rotatable bonds is 8. The number of allylic oxidation sites excluding steroid dienone is 1. The zero-order valence-corrected chi connectivity index (χ0v) is 14.2. The van der Waals surface area contributed by atoms with Crippen LogP contribution in [0.2, 0.25) is 0 Å². The molecule has 0 radical (unpaired) electrons. The molecule has 0 bridgehead atoms. The lowest BCUT2D eigenvalue weighted by Gasteiger charge is -2.37. The molecule has 1 heteroatoms. The van der Waals surface area contributed by atoms with E-state index in [-0.39, 0.29) is 0 Å². The van der Waals surface area contributed by atoms with Gasteiger partial charge in [0.1, 0.15) is 0 Å². The summed E-state index contributed by atoms with van der Waals surface area (Å²) < 4.78 is 5.93. The zero-order valence-electron chi connectivity index (χ0n) is 14.2. The monoisotopic (exact) mass is 292 g/mol. The minimum absolute atomic E-state index is 0.580. The highest BCUT2D eigenvalue weighted by Crippen LogP contribution is 2.41. The average molecular weight is 293 g/mol. The van der Waals surface area contributed by atoms with Crippen LogP contribution in [0.5, 0.6) is 0 Å². The fourth-order valence-corrected chi connectivity index (χ4v) is 4.51. The molecule has 0 heterocycles. The van der Waals surface area contributed by atoms with Gasteiger partial charge in [0.25, 0.3) is 0 Å². The molecular weight excluding hydrogens is 256 g/mol. The lowest BCUT2D eigenvalue weighted by Crippen LogP contribution is -2.28. The Hall–Kier alpha value is -0.300. The van der Waals surface area contributed by atoms with Gasteiger partial charge in [0.2, 0.25) is 0 Å². The van der Waals surface area contributed by atoms with Crippen LogP contribution < -0.4 is 0 Å². The van der Waals surface area contributed by atoms with Crippen LogP contribution in [-0.4, -0.2) is 12.7 Å². The molecule has 1 nitrogen and oxygen atoms in total. The molecule has 0 aromatic heterocycles. The van der Waals surface area contributed by atoms with Gasteiger partial charge >= 0.3 is 0 Å². The van der Waals surface area contributed by atoms with Crippen molar-refractivity contribution in [2.45, 2.75) is 90.1 Å². The van der Waals surface area contributed by atoms with Crippen molar-refractivity contribution in [1.29, 1.82) is 0 Å². The van der Waals surface area contributed by atoms with E-state index in [0.717, 1.165) is 30.8 Å². The van der Waals surface area contributed by atoms with Crippen LogP contribution in [0.25, 0.3) is 0 Å². The van der Waals surface area contributed by atoms with Crippen molar-refractivity contribution in [1.82, 2.24) is 0 Å². The lowest BCUT2D eigenvalue weighted by molar-refractivity contribution is 0.00727. The van der Waals surface area contributed by atoms with E-state index in [2.05, 4.69) is 19.6 Å². The van der Waals surface area contributed by atoms with E-state index in [1.54, 1.807) is 0 Å². The van der Waals surface area contributed by atoms with Crippen molar-refractivity contribution in [2.24, 2.45) is 17.8 Å². The highest BCUT2D eigenvalue weighted by Gasteiger charge is 2.30. The normalized spacial score (nSPS) is 33.8. The maximum atomic E-state index is 5.93. The molecular formula is C20H36O. The van der Waals surface area contributed by atoms with Crippen LogP contribution >= 0.6 is 0 Å². The molecule has 0 amide bonds. The van der Waals surface area contributed by atoms with E-state index in [4.69, 9.17) is 4.74 Å². The molecule has 21 heavy (non-hydrogen) atoms. The van der Waals surface area contributed by atoms with Crippen LogP contribution in [-0.2, 0) is 4.74 Å². The van der Waals surface area contributed by atoms with Gasteiger partial charge in [-0.25, -0.2) is 0 Å². The molecule has 2 fully saturated rings. The molecule has 0 aromatic rings. The molecule has 122 valence electrons. The summed E-state index contributed by atoms with van der Waals surface area (Å²) in [5.74, 6) is 3.07. The Bertz CT molecular complexity index is 270. The molecule has 0 aliphatic heterocycles. The fraction of sp³-hybridized carbons (Fsp3) is 0.900. The first-order valence-electron chi connectivity index (χ1n) is 9.56. The molecule has 0 saturated heterocycles. The summed E-state index contributed by atoms with van der Waals surface area (Å²) in [4.78, 5) is 0. The molecule has 0 spiro atoms. The largest absolute Gasteiger partial charge is 0.378 e. The quantitative estimate of drug-likeness (QED) is 0.386. The van der Waals surface area contributed by atoms with Crippen LogP contribution in [0.1, 0.15) is 84.0 Å². The van der Waals surface area contributed by atoms with Gasteiger partial charge in [-0.15, -0.1) is 6.58 Å². The third kappa shape index (κ3) is 5.77. The Morgan fingerprint density at radius 3 is 2.14 bits per heavy atom. The van der Waals surface area contributed by atoms with Gasteiger partial charge < -0.3 is 4.74 Å². The third-order valence-electron chi connectivity index (χ3n) is 5.86. The van der Waals surface area contributed by atoms with Crippen LogP contribution in [0.3, 0.4) is 0 Å². The Morgan fingerprint density at radius 2 is 1.57 bits per heavy atom. The van der Waals surface area contributed by atoms with Crippen molar-refractivity contribution in [3.63, 3.8) is 0 Å². The number of hydrogen-bond acceptors (Lipinski definition) is 1. The Morgan fingerprint density at radius 1 is 0.952 bits per heavy atom. The molecule has 2 aliphatic carbocycles. The summed E-state index contributed by atoms with van der Waals surface area (Å²) in [6, 6.07) is 0. The minimum Gasteiger partial charge on any atom is -0.378 e. The fourth-order valence-electron chi connectivity index (χ4n) is 4.51. The van der Waals surface area contributed by atoms with E-state index < -0.39 is 0 Å². The summed E-state index contributed by atoms with van der Waals surface area (Å²) in [6.45, 7) is 7.00. The Kier molecular flexibility index (Phi) is 7.85. The van der Waals surface area contributed by atoms with Gasteiger partial charge in [0.05, 0.1) is 6.10 Å². The van der Waals surface area contributed by atoms with E-state index in [1.807, 2.05) is 0 Å². The zero-order chi connectivity index (χ0) is 14.9. The van der Waals surface area contributed by atoms with Crippen molar-refractivity contribution in [3.05, 3.63) is 12.7 Å². The smallest absolute Gasteiger partial charge is 0.0575 e. The molecule has 2 saturated carbocycles. The molecule has 2 aliphatic rings. The molecule has 2 rings (SSSR count). The number of ether oxygens (including phenoxy) is 1. The van der Waals surface area contributed by atoms with Crippen LogP contribution in [0.4, 0.5) is 0 Å². The van der Waals surface area contributed by atoms with E-state index >= 15 is 0 Å². The maximum Gasteiger partial charge on any atom is 0.0575 e. The summed E-state index contributed by atoms with van der Waals surface area (Å²) in [6.07, 6.45) is 19.3. The Balaban J connectivity index is 1.61. The second kappa shape index (κ2) is 9.66. The SMILES string of the molecule is C=CCCC[C@H]1CC[C@H](C2CCC(OCCC)CC2)CC1. The molecule has 0 unspecified atom stereocenters. The molecule has 0 N–H and O–H groups in total. The average Bonchev–Trinajstić information content (AvgIpc) is 2.54. The van der Waals surface area contributed by atoms with Gasteiger partial charge in [-0.1, -0.05) is 32.3 Å². The van der Waals surface area contributed by atoms with E-state index in [9.17, 15) is 0 Å². The number of hydrogen-bond donors (Lipinski definition) is 0. The predicted molar refractivity (Wildman–Crippen MR) is 91.5 cm³/mol. The van der Waals surface area contributed by atoms with Crippen molar-refractivity contribution < 1.29 is 4.74 Å².